The summed E-state index contributed by atoms with van der Waals surface area (Å²) in [6.45, 7) is 3.76. The maximum atomic E-state index is 12.3. The van der Waals surface area contributed by atoms with Crippen molar-refractivity contribution in [3.05, 3.63) is 95.1 Å². The molecule has 0 saturated heterocycles. The molecule has 6 heteroatoms. The van der Waals surface area contributed by atoms with Gasteiger partial charge in [-0.15, -0.1) is 0 Å². The van der Waals surface area contributed by atoms with Crippen LogP contribution in [-0.2, 0) is 11.2 Å². The summed E-state index contributed by atoms with van der Waals surface area (Å²) >= 11 is 0. The Bertz CT molecular complexity index is 1050. The highest BCUT2D eigenvalue weighted by Gasteiger charge is 2.07. The van der Waals surface area contributed by atoms with Crippen LogP contribution in [0.1, 0.15) is 34.0 Å². The van der Waals surface area contributed by atoms with E-state index in [-0.39, 0.29) is 24.0 Å². The van der Waals surface area contributed by atoms with Gasteiger partial charge in [0, 0.05) is 11.3 Å². The Morgan fingerprint density at radius 1 is 0.867 bits per heavy atom. The Balaban J connectivity index is 1.56. The largest absolute Gasteiger partial charge is 0.508 e. The number of carbonyl (C=O) groups excluding carboxylic acids is 2. The topological polar surface area (TPSA) is 90.8 Å². The second-order valence-electron chi connectivity index (χ2n) is 6.97. The third kappa shape index (κ3) is 5.78. The van der Waals surface area contributed by atoms with Gasteiger partial charge in [-0.05, 0) is 61.4 Å². The van der Waals surface area contributed by atoms with Gasteiger partial charge >= 0.3 is 0 Å². The Labute approximate surface area is 175 Å². The molecule has 0 heterocycles. The number of nitrogens with one attached hydrogen (secondary N) is 2. The zero-order chi connectivity index (χ0) is 21.5. The van der Waals surface area contributed by atoms with Gasteiger partial charge in [0.15, 0.2) is 0 Å². The number of aryl methyl sites for hydroxylation is 1. The lowest BCUT2D eigenvalue weighted by Crippen LogP contribution is -2.21. The van der Waals surface area contributed by atoms with E-state index in [9.17, 15) is 14.7 Å². The Morgan fingerprint density at radius 3 is 2.10 bits per heavy atom. The predicted octanol–water partition coefficient (Wildman–Crippen LogP) is 4.04. The molecule has 3 N–H and O–H groups in total. The molecule has 152 valence electrons. The van der Waals surface area contributed by atoms with Crippen LogP contribution in [0.2, 0.25) is 0 Å². The number of carbonyl (C=O) groups is 2. The maximum absolute atomic E-state index is 12.3. The quantitative estimate of drug-likeness (QED) is 0.430. The molecule has 0 saturated carbocycles. The van der Waals surface area contributed by atoms with Gasteiger partial charge in [0.2, 0.25) is 5.91 Å². The number of hydrogen-bond donors (Lipinski definition) is 3. The first kappa shape index (κ1) is 20.8. The summed E-state index contributed by atoms with van der Waals surface area (Å²) in [6.07, 6.45) is 0.168. The second kappa shape index (κ2) is 9.52. The zero-order valence-corrected chi connectivity index (χ0v) is 16.8. The van der Waals surface area contributed by atoms with Crippen LogP contribution in [0.4, 0.5) is 5.69 Å². The minimum absolute atomic E-state index is 0.159. The van der Waals surface area contributed by atoms with Gasteiger partial charge in [-0.3, -0.25) is 9.59 Å². The summed E-state index contributed by atoms with van der Waals surface area (Å²) < 4.78 is 0. The standard InChI is InChI=1S/C24H23N3O3/c1-16-3-7-20(8-4-16)24(30)25-21-11-9-19(10-12-21)17(2)26-27-23(29)15-18-5-13-22(28)14-6-18/h3-14,28H,15H2,1-2H3,(H,25,30)(H,27,29)/b26-17-. The monoisotopic (exact) mass is 401 g/mol. The van der Waals surface area contributed by atoms with Crippen LogP contribution in [0.25, 0.3) is 0 Å². The zero-order valence-electron chi connectivity index (χ0n) is 16.8. The molecule has 0 aliphatic heterocycles. The fourth-order valence-electron chi connectivity index (χ4n) is 2.75. The third-order valence-corrected chi connectivity index (χ3v) is 4.52. The van der Waals surface area contributed by atoms with Crippen molar-refractivity contribution < 1.29 is 14.7 Å². The smallest absolute Gasteiger partial charge is 0.255 e. The summed E-state index contributed by atoms with van der Waals surface area (Å²) in [7, 11) is 0. The number of phenolic OH excluding ortho intramolecular Hbond substituents is 1. The van der Waals surface area contributed by atoms with Crippen molar-refractivity contribution in [2.24, 2.45) is 5.10 Å². The fourth-order valence-corrected chi connectivity index (χ4v) is 2.75. The van der Waals surface area contributed by atoms with Gasteiger partial charge in [0.1, 0.15) is 5.75 Å². The number of hydrogen-bond acceptors (Lipinski definition) is 4. The molecule has 3 rings (SSSR count). The van der Waals surface area contributed by atoms with Gasteiger partial charge in [0.05, 0.1) is 12.1 Å². The minimum atomic E-state index is -0.248. The molecule has 3 aromatic rings. The lowest BCUT2D eigenvalue weighted by Gasteiger charge is -2.07. The number of hydrazone groups is 1. The van der Waals surface area contributed by atoms with Crippen LogP contribution >= 0.6 is 0 Å². The highest BCUT2D eigenvalue weighted by atomic mass is 16.3. The average molecular weight is 401 g/mol. The summed E-state index contributed by atoms with van der Waals surface area (Å²) in [6, 6.07) is 21.1. The van der Waals surface area contributed by atoms with Crippen LogP contribution in [0.5, 0.6) is 5.75 Å². The highest BCUT2D eigenvalue weighted by molar-refractivity contribution is 6.05. The van der Waals surface area contributed by atoms with Crippen molar-refractivity contribution in [1.29, 1.82) is 0 Å². The number of rotatable bonds is 6. The van der Waals surface area contributed by atoms with E-state index < -0.39 is 0 Å². The first-order chi connectivity index (χ1) is 14.4. The molecule has 0 fully saturated rings. The number of benzene rings is 3. The molecule has 3 aromatic carbocycles. The van der Waals surface area contributed by atoms with Crippen LogP contribution in [0, 0.1) is 6.92 Å². The molecule has 30 heavy (non-hydrogen) atoms. The van der Waals surface area contributed by atoms with Crippen molar-refractivity contribution in [2.45, 2.75) is 20.3 Å². The number of nitrogens with zero attached hydrogens (tertiary/aromatic N) is 1. The first-order valence-electron chi connectivity index (χ1n) is 9.50. The predicted molar refractivity (Wildman–Crippen MR) is 118 cm³/mol. The van der Waals surface area contributed by atoms with E-state index in [1.54, 1.807) is 43.3 Å². The Kier molecular flexibility index (Phi) is 6.60. The molecule has 0 spiro atoms. The third-order valence-electron chi connectivity index (χ3n) is 4.52. The normalized spacial score (nSPS) is 11.1. The van der Waals surface area contributed by atoms with Crippen molar-refractivity contribution in [2.75, 3.05) is 5.32 Å². The summed E-state index contributed by atoms with van der Waals surface area (Å²) in [5, 5.41) is 16.3. The van der Waals surface area contributed by atoms with E-state index in [0.717, 1.165) is 16.7 Å². The van der Waals surface area contributed by atoms with Crippen LogP contribution < -0.4 is 10.7 Å². The lowest BCUT2D eigenvalue weighted by atomic mass is 10.1. The SMILES string of the molecule is C/C(=N/NC(=O)Cc1ccc(O)cc1)c1ccc(NC(=O)c2ccc(C)cc2)cc1. The molecule has 0 bridgehead atoms. The molecular formula is C24H23N3O3. The van der Waals surface area contributed by atoms with E-state index >= 15 is 0 Å². The van der Waals surface area contributed by atoms with Crippen LogP contribution in [-0.4, -0.2) is 22.6 Å². The molecule has 0 aliphatic rings. The van der Waals surface area contributed by atoms with Crippen molar-refractivity contribution in [3.8, 4) is 5.75 Å². The van der Waals surface area contributed by atoms with Crippen molar-refractivity contribution >= 4 is 23.2 Å². The summed E-state index contributed by atoms with van der Waals surface area (Å²) in [5.74, 6) is -0.261. The minimum Gasteiger partial charge on any atom is -0.508 e. The Morgan fingerprint density at radius 2 is 1.47 bits per heavy atom. The molecule has 2 amide bonds. The Hall–Kier alpha value is -3.93. The van der Waals surface area contributed by atoms with Gasteiger partial charge in [-0.25, -0.2) is 5.43 Å². The number of aromatic hydroxyl groups is 1. The molecule has 6 nitrogen and oxygen atoms in total. The lowest BCUT2D eigenvalue weighted by molar-refractivity contribution is -0.120. The number of phenols is 1. The average Bonchev–Trinajstić information content (AvgIpc) is 2.74. The summed E-state index contributed by atoms with van der Waals surface area (Å²) in [5.41, 5.74) is 7.16. The molecule has 0 atom stereocenters. The van der Waals surface area contributed by atoms with Crippen molar-refractivity contribution in [3.63, 3.8) is 0 Å². The van der Waals surface area contributed by atoms with Gasteiger partial charge in [-0.1, -0.05) is 42.0 Å². The molecule has 0 unspecified atom stereocenters. The van der Waals surface area contributed by atoms with Crippen LogP contribution in [0.15, 0.2) is 77.9 Å². The van der Waals surface area contributed by atoms with Crippen LogP contribution in [0.3, 0.4) is 0 Å². The van der Waals surface area contributed by atoms with E-state index in [2.05, 4.69) is 15.8 Å². The highest BCUT2D eigenvalue weighted by Crippen LogP contribution is 2.13. The maximum Gasteiger partial charge on any atom is 0.255 e. The number of anilines is 1. The first-order valence-corrected chi connectivity index (χ1v) is 9.50. The fraction of sp³-hybridized carbons (Fsp3) is 0.125. The van der Waals surface area contributed by atoms with E-state index in [1.807, 2.05) is 31.2 Å². The van der Waals surface area contributed by atoms with Crippen molar-refractivity contribution in [1.82, 2.24) is 5.43 Å². The summed E-state index contributed by atoms with van der Waals surface area (Å²) in [4.78, 5) is 24.3. The van der Waals surface area contributed by atoms with Gasteiger partial charge < -0.3 is 10.4 Å². The van der Waals surface area contributed by atoms with Gasteiger partial charge in [-0.2, -0.15) is 5.10 Å². The van der Waals surface area contributed by atoms with E-state index in [4.69, 9.17) is 0 Å². The molecule has 0 radical (unpaired) electrons. The van der Waals surface area contributed by atoms with Gasteiger partial charge in [0.25, 0.3) is 5.91 Å². The second-order valence-corrected chi connectivity index (χ2v) is 6.97. The molecular weight excluding hydrogens is 378 g/mol. The molecule has 0 aromatic heterocycles. The van der Waals surface area contributed by atoms with E-state index in [0.29, 0.717) is 17.0 Å². The number of amides is 2. The van der Waals surface area contributed by atoms with E-state index in [1.165, 1.54) is 12.1 Å². The molecule has 0 aliphatic carbocycles.